The Balaban J connectivity index is 2.22. The molecule has 0 bridgehead atoms. The average Bonchev–Trinajstić information content (AvgIpc) is 2.39. The SMILES string of the molecule is COc1cccc(Oc2nccc(C#N)n2)c1. The second-order valence-corrected chi connectivity index (χ2v) is 3.12. The minimum atomic E-state index is 0.136. The van der Waals surface area contributed by atoms with E-state index in [0.29, 0.717) is 11.5 Å². The molecular weight excluding hydrogens is 218 g/mol. The summed E-state index contributed by atoms with van der Waals surface area (Å²) in [7, 11) is 1.58. The van der Waals surface area contributed by atoms with E-state index >= 15 is 0 Å². The van der Waals surface area contributed by atoms with Crippen LogP contribution < -0.4 is 9.47 Å². The van der Waals surface area contributed by atoms with Crippen molar-refractivity contribution in [3.63, 3.8) is 0 Å². The lowest BCUT2D eigenvalue weighted by molar-refractivity contribution is 0.404. The van der Waals surface area contributed by atoms with Gasteiger partial charge >= 0.3 is 6.01 Å². The maximum Gasteiger partial charge on any atom is 0.323 e. The fraction of sp³-hybridized carbons (Fsp3) is 0.0833. The van der Waals surface area contributed by atoms with Crippen LogP contribution in [0.3, 0.4) is 0 Å². The molecule has 0 spiro atoms. The molecule has 0 N–H and O–H groups in total. The van der Waals surface area contributed by atoms with Gasteiger partial charge in [0.25, 0.3) is 0 Å². The topological polar surface area (TPSA) is 68.0 Å². The van der Waals surface area contributed by atoms with E-state index in [1.807, 2.05) is 6.07 Å². The first-order valence-corrected chi connectivity index (χ1v) is 4.87. The fourth-order valence-electron chi connectivity index (χ4n) is 1.22. The molecule has 0 atom stereocenters. The van der Waals surface area contributed by atoms with Gasteiger partial charge in [-0.2, -0.15) is 10.2 Å². The van der Waals surface area contributed by atoms with Crippen LogP contribution in [0.2, 0.25) is 0 Å². The van der Waals surface area contributed by atoms with E-state index in [-0.39, 0.29) is 11.7 Å². The number of hydrogen-bond acceptors (Lipinski definition) is 5. The largest absolute Gasteiger partial charge is 0.497 e. The van der Waals surface area contributed by atoms with E-state index in [9.17, 15) is 0 Å². The molecule has 2 rings (SSSR count). The highest BCUT2D eigenvalue weighted by atomic mass is 16.5. The number of ether oxygens (including phenoxy) is 2. The van der Waals surface area contributed by atoms with Crippen molar-refractivity contribution >= 4 is 0 Å². The third kappa shape index (κ3) is 2.69. The van der Waals surface area contributed by atoms with Gasteiger partial charge in [0, 0.05) is 12.3 Å². The molecule has 5 nitrogen and oxygen atoms in total. The summed E-state index contributed by atoms with van der Waals surface area (Å²) in [5.41, 5.74) is 0.262. The molecule has 0 unspecified atom stereocenters. The molecule has 0 aliphatic rings. The molecule has 1 heterocycles. The summed E-state index contributed by atoms with van der Waals surface area (Å²) in [5, 5.41) is 8.69. The Morgan fingerprint density at radius 2 is 2.06 bits per heavy atom. The predicted molar refractivity (Wildman–Crippen MR) is 59.8 cm³/mol. The summed E-state index contributed by atoms with van der Waals surface area (Å²) in [4.78, 5) is 7.82. The van der Waals surface area contributed by atoms with Gasteiger partial charge in [-0.05, 0) is 18.2 Å². The maximum atomic E-state index is 8.69. The molecule has 84 valence electrons. The first-order valence-electron chi connectivity index (χ1n) is 4.87. The summed E-state index contributed by atoms with van der Waals surface area (Å²) in [5.74, 6) is 1.23. The van der Waals surface area contributed by atoms with Gasteiger partial charge in [-0.1, -0.05) is 6.07 Å². The maximum absolute atomic E-state index is 8.69. The summed E-state index contributed by atoms with van der Waals surface area (Å²) in [6.45, 7) is 0. The standard InChI is InChI=1S/C12H9N3O2/c1-16-10-3-2-4-11(7-10)17-12-14-6-5-9(8-13)15-12/h2-7H,1H3. The molecule has 17 heavy (non-hydrogen) atoms. The van der Waals surface area contributed by atoms with Gasteiger partial charge in [-0.25, -0.2) is 4.98 Å². The Kier molecular flexibility index (Phi) is 3.17. The van der Waals surface area contributed by atoms with Crippen LogP contribution in [0, 0.1) is 11.3 Å². The van der Waals surface area contributed by atoms with Crippen molar-refractivity contribution in [3.8, 4) is 23.6 Å². The Bertz CT molecular complexity index is 564. The zero-order chi connectivity index (χ0) is 12.1. The number of rotatable bonds is 3. The second-order valence-electron chi connectivity index (χ2n) is 3.12. The van der Waals surface area contributed by atoms with E-state index < -0.39 is 0 Å². The van der Waals surface area contributed by atoms with Crippen LogP contribution in [0.25, 0.3) is 0 Å². The van der Waals surface area contributed by atoms with Crippen molar-refractivity contribution in [3.05, 3.63) is 42.2 Å². The first kappa shape index (κ1) is 10.9. The van der Waals surface area contributed by atoms with Gasteiger partial charge in [0.2, 0.25) is 0 Å². The minimum absolute atomic E-state index is 0.136. The number of benzene rings is 1. The van der Waals surface area contributed by atoms with Crippen LogP contribution in [0.1, 0.15) is 5.69 Å². The molecule has 5 heteroatoms. The highest BCUT2D eigenvalue weighted by molar-refractivity contribution is 5.34. The lowest BCUT2D eigenvalue weighted by Crippen LogP contribution is -1.93. The molecule has 0 amide bonds. The lowest BCUT2D eigenvalue weighted by Gasteiger charge is -2.05. The van der Waals surface area contributed by atoms with Gasteiger partial charge in [-0.3, -0.25) is 0 Å². The van der Waals surface area contributed by atoms with Gasteiger partial charge in [0.05, 0.1) is 7.11 Å². The van der Waals surface area contributed by atoms with Crippen molar-refractivity contribution in [2.75, 3.05) is 7.11 Å². The molecule has 0 saturated carbocycles. The third-order valence-corrected chi connectivity index (χ3v) is 2.00. The molecule has 0 aliphatic heterocycles. The van der Waals surface area contributed by atoms with Crippen LogP contribution in [0.5, 0.6) is 17.5 Å². The Hall–Kier alpha value is -2.61. The van der Waals surface area contributed by atoms with Crippen LogP contribution in [0.4, 0.5) is 0 Å². The van der Waals surface area contributed by atoms with Crippen LogP contribution in [-0.2, 0) is 0 Å². The highest BCUT2D eigenvalue weighted by Gasteiger charge is 2.02. The van der Waals surface area contributed by atoms with Crippen molar-refractivity contribution in [1.82, 2.24) is 9.97 Å². The van der Waals surface area contributed by atoms with E-state index in [1.165, 1.54) is 12.3 Å². The highest BCUT2D eigenvalue weighted by Crippen LogP contribution is 2.22. The second kappa shape index (κ2) is 4.94. The quantitative estimate of drug-likeness (QED) is 0.803. The fourth-order valence-corrected chi connectivity index (χ4v) is 1.22. The number of hydrogen-bond donors (Lipinski definition) is 0. The van der Waals surface area contributed by atoms with Gasteiger partial charge < -0.3 is 9.47 Å². The molecule has 0 aliphatic carbocycles. The summed E-state index contributed by atoms with van der Waals surface area (Å²) < 4.78 is 10.5. The van der Waals surface area contributed by atoms with Gasteiger partial charge in [0.1, 0.15) is 23.3 Å². The van der Waals surface area contributed by atoms with E-state index in [1.54, 1.807) is 31.4 Å². The van der Waals surface area contributed by atoms with Crippen molar-refractivity contribution in [1.29, 1.82) is 5.26 Å². The van der Waals surface area contributed by atoms with Crippen molar-refractivity contribution in [2.24, 2.45) is 0 Å². The van der Waals surface area contributed by atoms with E-state index in [4.69, 9.17) is 14.7 Å². The number of nitrogens with zero attached hydrogens (tertiary/aromatic N) is 3. The molecular formula is C12H9N3O2. The number of methoxy groups -OCH3 is 1. The smallest absolute Gasteiger partial charge is 0.323 e. The number of aromatic nitrogens is 2. The van der Waals surface area contributed by atoms with E-state index in [2.05, 4.69) is 9.97 Å². The molecule has 0 fully saturated rings. The normalized spacial score (nSPS) is 9.41. The van der Waals surface area contributed by atoms with E-state index in [0.717, 1.165) is 0 Å². The minimum Gasteiger partial charge on any atom is -0.497 e. The van der Waals surface area contributed by atoms with Crippen LogP contribution in [-0.4, -0.2) is 17.1 Å². The Morgan fingerprint density at radius 1 is 1.24 bits per heavy atom. The van der Waals surface area contributed by atoms with Crippen LogP contribution >= 0.6 is 0 Å². The van der Waals surface area contributed by atoms with Gasteiger partial charge in [-0.15, -0.1) is 0 Å². The molecule has 1 aromatic heterocycles. The molecule has 0 saturated heterocycles. The Morgan fingerprint density at radius 3 is 2.82 bits per heavy atom. The zero-order valence-corrected chi connectivity index (χ0v) is 9.12. The lowest BCUT2D eigenvalue weighted by atomic mass is 10.3. The van der Waals surface area contributed by atoms with Crippen LogP contribution in [0.15, 0.2) is 36.5 Å². The summed E-state index contributed by atoms with van der Waals surface area (Å²) in [6.07, 6.45) is 1.47. The van der Waals surface area contributed by atoms with Gasteiger partial charge in [0.15, 0.2) is 0 Å². The average molecular weight is 227 g/mol. The number of nitriles is 1. The molecule has 0 radical (unpaired) electrons. The molecule has 2 aromatic rings. The predicted octanol–water partition coefficient (Wildman–Crippen LogP) is 2.15. The third-order valence-electron chi connectivity index (χ3n) is 2.00. The molecule has 1 aromatic carbocycles. The summed E-state index contributed by atoms with van der Waals surface area (Å²) in [6, 6.07) is 10.6. The van der Waals surface area contributed by atoms with Crippen molar-refractivity contribution < 1.29 is 9.47 Å². The zero-order valence-electron chi connectivity index (χ0n) is 9.12. The first-order chi connectivity index (χ1) is 8.31. The van der Waals surface area contributed by atoms with Crippen molar-refractivity contribution in [2.45, 2.75) is 0 Å². The summed E-state index contributed by atoms with van der Waals surface area (Å²) >= 11 is 0. The monoisotopic (exact) mass is 227 g/mol. The Labute approximate surface area is 98.3 Å².